The van der Waals surface area contributed by atoms with E-state index in [0.717, 1.165) is 0 Å². The van der Waals surface area contributed by atoms with Crippen LogP contribution in [0.3, 0.4) is 0 Å². The molecule has 0 saturated carbocycles. The number of hydrogen-bond donors (Lipinski definition) is 3. The molecule has 1 aromatic heterocycles. The van der Waals surface area contributed by atoms with Crippen LogP contribution < -0.4 is 5.73 Å². The Morgan fingerprint density at radius 3 is 2.67 bits per heavy atom. The van der Waals surface area contributed by atoms with E-state index in [0.29, 0.717) is 17.0 Å². The number of aromatic nitrogens is 1. The number of nitrogen functional groups attached to an aromatic ring is 1. The lowest BCUT2D eigenvalue weighted by Crippen LogP contribution is -2.29. The summed E-state index contributed by atoms with van der Waals surface area (Å²) in [6.07, 6.45) is 4.46. The highest BCUT2D eigenvalue weighted by Crippen LogP contribution is 2.35. The van der Waals surface area contributed by atoms with Crippen LogP contribution in [0.15, 0.2) is 48.7 Å². The Bertz CT molecular complexity index is 973. The van der Waals surface area contributed by atoms with Gasteiger partial charge in [0, 0.05) is 23.5 Å². The number of nitrogens with zero attached hydrogens (tertiary/aromatic N) is 1. The Morgan fingerprint density at radius 1 is 1.29 bits per heavy atom. The van der Waals surface area contributed by atoms with Crippen molar-refractivity contribution >= 4 is 27.4 Å². The van der Waals surface area contributed by atoms with Crippen LogP contribution in [0.25, 0.3) is 0 Å². The molecule has 1 amide bonds. The monoisotopic (exact) mass is 346 g/mol. The standard InChI is InChI=1S/C16H15N3O4S/c1-19(16(20)12-6-3-9-18-12)13-7-8-14(24(21,22)23)15-10(13)4-2-5-11(15)17/h2-9,14H,17H2,1H3,(H-,18,20,21,22,23)/p+1. The minimum absolute atomic E-state index is 0.234. The van der Waals surface area contributed by atoms with E-state index in [1.165, 1.54) is 16.7 Å². The fraction of sp³-hybridized carbons (Fsp3) is 0.125. The lowest BCUT2D eigenvalue weighted by atomic mass is 9.93. The molecule has 0 radical (unpaired) electrons. The highest BCUT2D eigenvalue weighted by atomic mass is 32.2. The molecule has 24 heavy (non-hydrogen) atoms. The van der Waals surface area contributed by atoms with Gasteiger partial charge < -0.3 is 10.7 Å². The smallest absolute Gasteiger partial charge is 0.398 e. The minimum Gasteiger partial charge on any atom is -0.398 e. The predicted octanol–water partition coefficient (Wildman–Crippen LogP) is 1.37. The van der Waals surface area contributed by atoms with Crippen LogP contribution in [-0.4, -0.2) is 41.2 Å². The zero-order valence-corrected chi connectivity index (χ0v) is 13.6. The maximum absolute atomic E-state index is 12.5. The number of nitrogens with two attached hydrogens (primary N) is 1. The Labute approximate surface area is 138 Å². The van der Waals surface area contributed by atoms with Gasteiger partial charge in [0.1, 0.15) is 12.3 Å². The molecular formula is C16H16N3O4S+. The first kappa shape index (κ1) is 16.2. The summed E-state index contributed by atoms with van der Waals surface area (Å²) in [4.78, 5) is 15.4. The molecule has 1 heterocycles. The number of carbonyl (C=O) groups excluding carboxylic acids is 1. The summed E-state index contributed by atoms with van der Waals surface area (Å²) in [5.41, 5.74) is 7.82. The van der Waals surface area contributed by atoms with Crippen molar-refractivity contribution in [1.29, 1.82) is 0 Å². The third-order valence-electron chi connectivity index (χ3n) is 3.94. The average Bonchev–Trinajstić information content (AvgIpc) is 3.06. The van der Waals surface area contributed by atoms with Gasteiger partial charge in [0.2, 0.25) is 5.71 Å². The number of anilines is 1. The van der Waals surface area contributed by atoms with Gasteiger partial charge in [-0.05, 0) is 24.3 Å². The van der Waals surface area contributed by atoms with Gasteiger partial charge in [0.15, 0.2) is 5.69 Å². The molecule has 0 bridgehead atoms. The second-order valence-electron chi connectivity index (χ2n) is 5.44. The van der Waals surface area contributed by atoms with E-state index in [4.69, 9.17) is 5.73 Å². The molecule has 2 aromatic rings. The quantitative estimate of drug-likeness (QED) is 0.431. The number of allylic oxidation sites excluding steroid dienone is 1. The molecule has 1 unspecified atom stereocenters. The molecule has 3 rings (SSSR count). The predicted molar refractivity (Wildman–Crippen MR) is 89.7 cm³/mol. The number of rotatable bonds is 2. The zero-order valence-electron chi connectivity index (χ0n) is 12.8. The topological polar surface area (TPSA) is 116 Å². The van der Waals surface area contributed by atoms with Crippen LogP contribution >= 0.6 is 0 Å². The molecule has 8 heteroatoms. The summed E-state index contributed by atoms with van der Waals surface area (Å²) < 4.78 is 34.2. The van der Waals surface area contributed by atoms with E-state index < -0.39 is 15.4 Å². The number of nitrogens with one attached hydrogen (secondary N) is 1. The van der Waals surface area contributed by atoms with E-state index in [9.17, 15) is 17.8 Å². The Hall–Kier alpha value is -2.71. The van der Waals surface area contributed by atoms with E-state index in [2.05, 4.69) is 4.98 Å². The second kappa shape index (κ2) is 5.73. The lowest BCUT2D eigenvalue weighted by molar-refractivity contribution is -0.393. The zero-order chi connectivity index (χ0) is 17.5. The van der Waals surface area contributed by atoms with Crippen LogP contribution in [0.2, 0.25) is 0 Å². The van der Waals surface area contributed by atoms with Crippen LogP contribution in [0.4, 0.5) is 5.69 Å². The molecule has 124 valence electrons. The molecule has 4 N–H and O–H groups in total. The number of carbonyl (C=O) groups is 1. The van der Waals surface area contributed by atoms with E-state index in [-0.39, 0.29) is 17.2 Å². The SMILES string of the molecule is C[N+](C(=O)c1ccc[nH]1)=C1C=CC(S(=O)(=O)O)c2c(N)cccc21. The number of benzene rings is 1. The van der Waals surface area contributed by atoms with Crippen LogP contribution in [-0.2, 0) is 10.1 Å². The van der Waals surface area contributed by atoms with Crippen molar-refractivity contribution in [2.75, 3.05) is 12.8 Å². The molecular weight excluding hydrogens is 330 g/mol. The van der Waals surface area contributed by atoms with Gasteiger partial charge in [0.05, 0.1) is 5.56 Å². The normalized spacial score (nSPS) is 19.0. The van der Waals surface area contributed by atoms with Gasteiger partial charge >= 0.3 is 5.91 Å². The number of amides is 1. The number of aromatic amines is 1. The maximum Gasteiger partial charge on any atom is 0.435 e. The third kappa shape index (κ3) is 2.66. The largest absolute Gasteiger partial charge is 0.435 e. The average molecular weight is 346 g/mol. The van der Waals surface area contributed by atoms with Crippen molar-refractivity contribution in [3.8, 4) is 0 Å². The summed E-state index contributed by atoms with van der Waals surface area (Å²) in [5, 5.41) is -1.26. The maximum atomic E-state index is 12.5. The molecule has 0 fully saturated rings. The summed E-state index contributed by atoms with van der Waals surface area (Å²) >= 11 is 0. The van der Waals surface area contributed by atoms with Gasteiger partial charge in [-0.15, -0.1) is 0 Å². The number of H-pyrrole nitrogens is 1. The van der Waals surface area contributed by atoms with Gasteiger partial charge in [-0.1, -0.05) is 12.1 Å². The summed E-state index contributed by atoms with van der Waals surface area (Å²) in [7, 11) is -2.78. The summed E-state index contributed by atoms with van der Waals surface area (Å²) in [5.74, 6) is -0.279. The van der Waals surface area contributed by atoms with Crippen LogP contribution in [0.1, 0.15) is 26.9 Å². The van der Waals surface area contributed by atoms with Crippen molar-refractivity contribution in [1.82, 2.24) is 4.98 Å². The molecule has 0 spiro atoms. The highest BCUT2D eigenvalue weighted by Gasteiger charge is 2.35. The van der Waals surface area contributed by atoms with Gasteiger partial charge in [-0.3, -0.25) is 4.55 Å². The number of fused-ring (bicyclic) bond motifs is 1. The molecule has 1 aromatic carbocycles. The van der Waals surface area contributed by atoms with Crippen molar-refractivity contribution in [3.05, 3.63) is 65.5 Å². The first-order valence-corrected chi connectivity index (χ1v) is 8.62. The molecule has 1 atom stereocenters. The van der Waals surface area contributed by atoms with Crippen molar-refractivity contribution < 1.29 is 22.3 Å². The van der Waals surface area contributed by atoms with Gasteiger partial charge in [-0.25, -0.2) is 4.79 Å². The molecule has 1 aliphatic carbocycles. The highest BCUT2D eigenvalue weighted by molar-refractivity contribution is 7.86. The third-order valence-corrected chi connectivity index (χ3v) is 4.98. The van der Waals surface area contributed by atoms with Crippen LogP contribution in [0.5, 0.6) is 0 Å². The van der Waals surface area contributed by atoms with Crippen molar-refractivity contribution in [3.63, 3.8) is 0 Å². The lowest BCUT2D eigenvalue weighted by Gasteiger charge is -2.20. The minimum atomic E-state index is -4.36. The summed E-state index contributed by atoms with van der Waals surface area (Å²) in [6.45, 7) is 0. The second-order valence-corrected chi connectivity index (χ2v) is 6.97. The number of hydrogen-bond acceptors (Lipinski definition) is 4. The Balaban J connectivity index is 2.21. The summed E-state index contributed by atoms with van der Waals surface area (Å²) in [6, 6.07) is 8.25. The van der Waals surface area contributed by atoms with E-state index >= 15 is 0 Å². The molecule has 0 saturated heterocycles. The Kier molecular flexibility index (Phi) is 3.86. The Morgan fingerprint density at radius 2 is 2.04 bits per heavy atom. The molecule has 0 aliphatic heterocycles. The fourth-order valence-electron chi connectivity index (χ4n) is 2.78. The molecule has 1 aliphatic rings. The first-order valence-electron chi connectivity index (χ1n) is 7.12. The van der Waals surface area contributed by atoms with E-state index in [1.54, 1.807) is 43.6 Å². The van der Waals surface area contributed by atoms with Gasteiger partial charge in [0.25, 0.3) is 10.1 Å². The van der Waals surface area contributed by atoms with Gasteiger partial charge in [-0.2, -0.15) is 13.0 Å². The molecule has 7 nitrogen and oxygen atoms in total. The van der Waals surface area contributed by atoms with Crippen molar-refractivity contribution in [2.45, 2.75) is 5.25 Å². The van der Waals surface area contributed by atoms with Crippen molar-refractivity contribution in [2.24, 2.45) is 0 Å². The fourth-order valence-corrected chi connectivity index (χ4v) is 3.62. The van der Waals surface area contributed by atoms with Crippen LogP contribution in [0, 0.1) is 0 Å². The van der Waals surface area contributed by atoms with E-state index in [1.807, 2.05) is 0 Å². The first-order chi connectivity index (χ1) is 11.3.